The van der Waals surface area contributed by atoms with Gasteiger partial charge in [0, 0.05) is 0 Å². The third-order valence-electron chi connectivity index (χ3n) is 3.24. The Balaban J connectivity index is 2.02. The number of nitrogens with zero attached hydrogens (tertiary/aromatic N) is 1. The second-order valence-corrected chi connectivity index (χ2v) is 5.72. The molecule has 1 fully saturated rings. The van der Waals surface area contributed by atoms with Crippen molar-refractivity contribution >= 4 is 45.5 Å². The van der Waals surface area contributed by atoms with E-state index < -0.39 is 17.8 Å². The number of aryl methyl sites for hydroxylation is 1. The van der Waals surface area contributed by atoms with Crippen LogP contribution in [0.4, 0.5) is 10.5 Å². The molecule has 7 heteroatoms. The van der Waals surface area contributed by atoms with Gasteiger partial charge < -0.3 is 4.42 Å². The van der Waals surface area contributed by atoms with Gasteiger partial charge in [0.25, 0.3) is 11.8 Å². The van der Waals surface area contributed by atoms with Crippen molar-refractivity contribution in [3.8, 4) is 0 Å². The van der Waals surface area contributed by atoms with Crippen LogP contribution in [0.25, 0.3) is 6.08 Å². The first-order valence-electron chi connectivity index (χ1n) is 6.69. The lowest BCUT2D eigenvalue weighted by molar-refractivity contribution is -0.122. The Hall–Kier alpha value is -2.67. The van der Waals surface area contributed by atoms with Crippen molar-refractivity contribution in [3.63, 3.8) is 0 Å². The first-order chi connectivity index (χ1) is 11.0. The van der Waals surface area contributed by atoms with E-state index in [1.54, 1.807) is 30.3 Å². The molecule has 0 unspecified atom stereocenters. The molecule has 2 heterocycles. The minimum atomic E-state index is -0.775. The van der Waals surface area contributed by atoms with Crippen molar-refractivity contribution in [3.05, 3.63) is 58.0 Å². The maximum atomic E-state index is 12.6. The molecule has 3 rings (SSSR count). The average Bonchev–Trinajstić information content (AvgIpc) is 2.89. The maximum Gasteiger partial charge on any atom is 0.335 e. The van der Waals surface area contributed by atoms with Crippen LogP contribution in [0.2, 0.25) is 0 Å². The Bertz CT molecular complexity index is 853. The van der Waals surface area contributed by atoms with Gasteiger partial charge in [-0.25, -0.2) is 9.69 Å². The molecule has 1 aliphatic rings. The number of barbiturate groups is 1. The number of urea groups is 1. The molecule has 1 saturated heterocycles. The molecular weight excluding hydrogens is 364 g/mol. The van der Waals surface area contributed by atoms with Crippen LogP contribution in [-0.4, -0.2) is 17.8 Å². The zero-order valence-electron chi connectivity index (χ0n) is 12.0. The van der Waals surface area contributed by atoms with Gasteiger partial charge in [0.05, 0.1) is 5.69 Å². The quantitative estimate of drug-likeness (QED) is 0.647. The van der Waals surface area contributed by atoms with Gasteiger partial charge in [-0.05, 0) is 58.8 Å². The summed E-state index contributed by atoms with van der Waals surface area (Å²) in [6.45, 7) is 1.85. The molecule has 116 valence electrons. The number of carbonyl (C=O) groups is 3. The van der Waals surface area contributed by atoms with E-state index in [0.717, 1.165) is 10.5 Å². The molecule has 1 aromatic carbocycles. The molecule has 2 aromatic rings. The van der Waals surface area contributed by atoms with E-state index in [-0.39, 0.29) is 5.57 Å². The molecule has 6 nitrogen and oxygen atoms in total. The number of hydrogen-bond acceptors (Lipinski definition) is 4. The van der Waals surface area contributed by atoms with Gasteiger partial charge in [-0.3, -0.25) is 14.9 Å². The number of hydrogen-bond donors (Lipinski definition) is 1. The summed E-state index contributed by atoms with van der Waals surface area (Å²) in [7, 11) is 0. The van der Waals surface area contributed by atoms with Crippen molar-refractivity contribution in [2.75, 3.05) is 4.90 Å². The summed E-state index contributed by atoms with van der Waals surface area (Å²) in [5.41, 5.74) is 1.11. The second-order valence-electron chi connectivity index (χ2n) is 4.94. The van der Waals surface area contributed by atoms with Gasteiger partial charge in [0.1, 0.15) is 11.3 Å². The lowest BCUT2D eigenvalue weighted by atomic mass is 10.1. The van der Waals surface area contributed by atoms with E-state index in [1.165, 1.54) is 6.08 Å². The number of imide groups is 2. The fourth-order valence-electron chi connectivity index (χ4n) is 2.21. The summed E-state index contributed by atoms with van der Waals surface area (Å²) >= 11 is 3.15. The number of rotatable bonds is 2. The van der Waals surface area contributed by atoms with Gasteiger partial charge in [-0.15, -0.1) is 0 Å². The smallest absolute Gasteiger partial charge is 0.335 e. The van der Waals surface area contributed by atoms with Crippen molar-refractivity contribution in [1.29, 1.82) is 0 Å². The fraction of sp³-hybridized carbons (Fsp3) is 0.0625. The van der Waals surface area contributed by atoms with E-state index in [4.69, 9.17) is 4.42 Å². The molecule has 0 aliphatic carbocycles. The third-order valence-corrected chi connectivity index (χ3v) is 3.67. The first kappa shape index (κ1) is 15.2. The summed E-state index contributed by atoms with van der Waals surface area (Å²) in [6, 6.07) is 9.36. The lowest BCUT2D eigenvalue weighted by Gasteiger charge is -2.26. The SMILES string of the molecule is Cc1cccc(N2C(=O)NC(=O)C(=Cc3ccc(Br)o3)C2=O)c1. The molecule has 0 spiro atoms. The second kappa shape index (κ2) is 5.85. The normalized spacial score (nSPS) is 16.9. The van der Waals surface area contributed by atoms with Crippen LogP contribution < -0.4 is 10.2 Å². The number of anilines is 1. The van der Waals surface area contributed by atoms with Gasteiger partial charge in [-0.1, -0.05) is 12.1 Å². The van der Waals surface area contributed by atoms with E-state index in [9.17, 15) is 14.4 Å². The fourth-order valence-corrected chi connectivity index (χ4v) is 2.53. The van der Waals surface area contributed by atoms with Gasteiger partial charge >= 0.3 is 6.03 Å². The largest absolute Gasteiger partial charge is 0.450 e. The Morgan fingerprint density at radius 3 is 2.61 bits per heavy atom. The number of nitrogens with one attached hydrogen (secondary N) is 1. The van der Waals surface area contributed by atoms with Crippen molar-refractivity contribution < 1.29 is 18.8 Å². The zero-order valence-corrected chi connectivity index (χ0v) is 13.6. The van der Waals surface area contributed by atoms with Crippen LogP contribution in [0.5, 0.6) is 0 Å². The zero-order chi connectivity index (χ0) is 16.6. The van der Waals surface area contributed by atoms with Gasteiger partial charge in [0.15, 0.2) is 4.67 Å². The molecule has 1 aliphatic heterocycles. The Labute approximate surface area is 139 Å². The first-order valence-corrected chi connectivity index (χ1v) is 7.48. The molecule has 1 N–H and O–H groups in total. The molecule has 23 heavy (non-hydrogen) atoms. The summed E-state index contributed by atoms with van der Waals surface area (Å²) in [4.78, 5) is 37.5. The molecule has 4 amide bonds. The highest BCUT2D eigenvalue weighted by atomic mass is 79.9. The Morgan fingerprint density at radius 2 is 1.96 bits per heavy atom. The summed E-state index contributed by atoms with van der Waals surface area (Å²) < 4.78 is 5.75. The predicted octanol–water partition coefficient (Wildman–Crippen LogP) is 3.02. The molecule has 1 aromatic heterocycles. The summed E-state index contributed by atoms with van der Waals surface area (Å²) in [5, 5.41) is 2.16. The van der Waals surface area contributed by atoms with Crippen molar-refractivity contribution in [1.82, 2.24) is 5.32 Å². The van der Waals surface area contributed by atoms with Crippen LogP contribution in [0, 0.1) is 6.92 Å². The average molecular weight is 375 g/mol. The minimum absolute atomic E-state index is 0.173. The van der Waals surface area contributed by atoms with E-state index in [0.29, 0.717) is 16.1 Å². The number of benzene rings is 1. The monoisotopic (exact) mass is 374 g/mol. The minimum Gasteiger partial charge on any atom is -0.450 e. The topological polar surface area (TPSA) is 79.6 Å². The molecule has 0 radical (unpaired) electrons. The van der Waals surface area contributed by atoms with Crippen LogP contribution in [0.15, 0.2) is 51.1 Å². The van der Waals surface area contributed by atoms with Crippen LogP contribution in [0.3, 0.4) is 0 Å². The highest BCUT2D eigenvalue weighted by Crippen LogP contribution is 2.23. The van der Waals surface area contributed by atoms with Crippen LogP contribution >= 0.6 is 15.9 Å². The maximum absolute atomic E-state index is 12.6. The van der Waals surface area contributed by atoms with E-state index >= 15 is 0 Å². The molecular formula is C16H11BrN2O4. The highest BCUT2D eigenvalue weighted by molar-refractivity contribution is 9.10. The summed E-state index contributed by atoms with van der Waals surface area (Å²) in [5.74, 6) is -1.12. The standard InChI is InChI=1S/C16H11BrN2O4/c1-9-3-2-4-10(7-9)19-15(21)12(14(20)18-16(19)22)8-11-5-6-13(17)23-11/h2-8H,1H3,(H,18,20,22). The van der Waals surface area contributed by atoms with Crippen LogP contribution in [-0.2, 0) is 9.59 Å². The third kappa shape index (κ3) is 2.95. The molecule has 0 atom stereocenters. The molecule has 0 saturated carbocycles. The van der Waals surface area contributed by atoms with Crippen molar-refractivity contribution in [2.24, 2.45) is 0 Å². The molecule has 0 bridgehead atoms. The van der Waals surface area contributed by atoms with Gasteiger partial charge in [-0.2, -0.15) is 0 Å². The lowest BCUT2D eigenvalue weighted by Crippen LogP contribution is -2.54. The van der Waals surface area contributed by atoms with E-state index in [2.05, 4.69) is 21.2 Å². The number of furan rings is 1. The van der Waals surface area contributed by atoms with Gasteiger partial charge in [0.2, 0.25) is 0 Å². The highest BCUT2D eigenvalue weighted by Gasteiger charge is 2.37. The van der Waals surface area contributed by atoms with Crippen LogP contribution in [0.1, 0.15) is 11.3 Å². The summed E-state index contributed by atoms with van der Waals surface area (Å²) in [6.07, 6.45) is 1.30. The number of halogens is 1. The predicted molar refractivity (Wildman–Crippen MR) is 86.6 cm³/mol. The van der Waals surface area contributed by atoms with E-state index in [1.807, 2.05) is 13.0 Å². The number of carbonyl (C=O) groups excluding carboxylic acids is 3. The Morgan fingerprint density at radius 1 is 1.17 bits per heavy atom. The Kier molecular flexibility index (Phi) is 3.87. The number of amides is 4. The van der Waals surface area contributed by atoms with Crippen molar-refractivity contribution in [2.45, 2.75) is 6.92 Å².